The number of aromatic amines is 1. The van der Waals surface area contributed by atoms with Gasteiger partial charge in [0.05, 0.1) is 5.52 Å². The topological polar surface area (TPSA) is 78.1 Å². The van der Waals surface area contributed by atoms with Crippen molar-refractivity contribution in [2.45, 2.75) is 13.3 Å². The number of rotatable bonds is 6. The molecule has 1 fully saturated rings. The van der Waals surface area contributed by atoms with Gasteiger partial charge in [0, 0.05) is 54.7 Å². The van der Waals surface area contributed by atoms with E-state index < -0.39 is 35.3 Å². The number of piperazine rings is 1. The molecule has 3 N–H and O–H groups in total. The number of nitrogens with zero attached hydrogens (tertiary/aromatic N) is 3. The minimum atomic E-state index is -3.04. The predicted molar refractivity (Wildman–Crippen MR) is 125 cm³/mol. The van der Waals surface area contributed by atoms with E-state index in [1.165, 1.54) is 6.07 Å². The van der Waals surface area contributed by atoms with Gasteiger partial charge in [-0.05, 0) is 37.3 Å². The van der Waals surface area contributed by atoms with Crippen molar-refractivity contribution in [1.82, 2.24) is 20.3 Å². The van der Waals surface area contributed by atoms with E-state index in [1.807, 2.05) is 12.1 Å². The van der Waals surface area contributed by atoms with Crippen LogP contribution in [0, 0.1) is 18.6 Å². The zero-order chi connectivity index (χ0) is 24.5. The lowest BCUT2D eigenvalue weighted by Crippen LogP contribution is -2.43. The highest BCUT2D eigenvalue weighted by molar-refractivity contribution is 5.83. The van der Waals surface area contributed by atoms with Crippen molar-refractivity contribution in [3.63, 3.8) is 0 Å². The molecule has 2 aromatic heterocycles. The Labute approximate surface area is 198 Å². The summed E-state index contributed by atoms with van der Waals surface area (Å²) in [4.78, 5) is 12.6. The summed E-state index contributed by atoms with van der Waals surface area (Å²) in [6, 6.07) is 9.50. The summed E-state index contributed by atoms with van der Waals surface area (Å²) in [5.41, 5.74) is 1.39. The average Bonchev–Trinajstić information content (AvgIpc) is 3.26. The molecule has 0 aliphatic carbocycles. The molecule has 0 atom stereocenters. The van der Waals surface area contributed by atoms with Crippen LogP contribution in [0.25, 0.3) is 10.9 Å². The molecule has 2 aromatic carbocycles. The molecule has 0 amide bonds. The second-order valence-electron chi connectivity index (χ2n) is 8.16. The summed E-state index contributed by atoms with van der Waals surface area (Å²) in [5, 5.41) is 6.09. The van der Waals surface area contributed by atoms with E-state index in [4.69, 9.17) is 4.74 Å². The Morgan fingerprint density at radius 3 is 2.51 bits per heavy atom. The van der Waals surface area contributed by atoms with Gasteiger partial charge in [0.1, 0.15) is 17.7 Å². The van der Waals surface area contributed by atoms with Crippen LogP contribution in [-0.4, -0.2) is 41.1 Å². The van der Waals surface area contributed by atoms with Gasteiger partial charge < -0.3 is 25.3 Å². The van der Waals surface area contributed by atoms with Crippen LogP contribution in [0.5, 0.6) is 11.6 Å². The van der Waals surface area contributed by atoms with Gasteiger partial charge in [-0.3, -0.25) is 0 Å². The molecule has 1 saturated heterocycles. The highest BCUT2D eigenvalue weighted by Gasteiger charge is 2.25. The summed E-state index contributed by atoms with van der Waals surface area (Å²) < 4.78 is 62.9. The number of benzene rings is 2. The number of alkyl halides is 2. The number of hydrogen-bond acceptors (Lipinski definition) is 6. The van der Waals surface area contributed by atoms with Gasteiger partial charge in [-0.25, -0.2) is 27.5 Å². The Balaban J connectivity index is 1.44. The van der Waals surface area contributed by atoms with Gasteiger partial charge in [0.15, 0.2) is 17.4 Å². The number of aromatic nitrogens is 3. The SMILES string of the molecule is Cc1cc2c(F)c(Oc3ncnc(Nc4ccc(N5CCNCC5)cc4)c3C(F)F)cc(F)c2[nH]1. The highest BCUT2D eigenvalue weighted by Crippen LogP contribution is 2.38. The number of H-pyrrole nitrogens is 1. The monoisotopic (exact) mass is 486 g/mol. The molecule has 0 bridgehead atoms. The molecule has 35 heavy (non-hydrogen) atoms. The maximum atomic E-state index is 15.0. The molecule has 3 heterocycles. The van der Waals surface area contributed by atoms with E-state index in [2.05, 4.69) is 30.5 Å². The molecular formula is C24H22F4N6O. The van der Waals surface area contributed by atoms with Gasteiger partial charge in [0.2, 0.25) is 5.88 Å². The lowest BCUT2D eigenvalue weighted by molar-refractivity contribution is 0.147. The molecule has 0 unspecified atom stereocenters. The first-order valence-electron chi connectivity index (χ1n) is 11.0. The fraction of sp³-hybridized carbons (Fsp3) is 0.250. The van der Waals surface area contributed by atoms with Gasteiger partial charge in [-0.1, -0.05) is 0 Å². The number of fused-ring (bicyclic) bond motifs is 1. The summed E-state index contributed by atoms with van der Waals surface area (Å²) in [6.07, 6.45) is -2.02. The Hall–Kier alpha value is -3.86. The molecule has 11 heteroatoms. The third kappa shape index (κ3) is 4.59. The Bertz CT molecular complexity index is 1350. The van der Waals surface area contributed by atoms with Crippen molar-refractivity contribution in [2.75, 3.05) is 36.4 Å². The van der Waals surface area contributed by atoms with Crippen LogP contribution in [0.2, 0.25) is 0 Å². The number of anilines is 3. The summed E-state index contributed by atoms with van der Waals surface area (Å²) in [6.45, 7) is 5.18. The molecule has 5 rings (SSSR count). The summed E-state index contributed by atoms with van der Waals surface area (Å²) in [7, 11) is 0. The first kappa shape index (κ1) is 22.9. The Morgan fingerprint density at radius 1 is 1.06 bits per heavy atom. The number of halogens is 4. The van der Waals surface area contributed by atoms with Crippen LogP contribution >= 0.6 is 0 Å². The number of aryl methyl sites for hydroxylation is 1. The largest absolute Gasteiger partial charge is 0.435 e. The smallest absolute Gasteiger partial charge is 0.272 e. The van der Waals surface area contributed by atoms with Crippen LogP contribution in [0.4, 0.5) is 34.8 Å². The zero-order valence-electron chi connectivity index (χ0n) is 18.7. The van der Waals surface area contributed by atoms with Crippen molar-refractivity contribution in [3.8, 4) is 11.6 Å². The summed E-state index contributed by atoms with van der Waals surface area (Å²) in [5.74, 6) is -2.98. The normalized spacial score (nSPS) is 14.1. The minimum Gasteiger partial charge on any atom is -0.435 e. The molecule has 4 aromatic rings. The van der Waals surface area contributed by atoms with E-state index in [1.54, 1.807) is 19.1 Å². The fourth-order valence-electron chi connectivity index (χ4n) is 4.08. The van der Waals surface area contributed by atoms with E-state index >= 15 is 0 Å². The lowest BCUT2D eigenvalue weighted by atomic mass is 10.2. The zero-order valence-corrected chi connectivity index (χ0v) is 18.7. The van der Waals surface area contributed by atoms with E-state index in [9.17, 15) is 17.6 Å². The van der Waals surface area contributed by atoms with Gasteiger partial charge >= 0.3 is 0 Å². The summed E-state index contributed by atoms with van der Waals surface area (Å²) >= 11 is 0. The molecule has 0 radical (unpaired) electrons. The lowest BCUT2D eigenvalue weighted by Gasteiger charge is -2.29. The Morgan fingerprint density at radius 2 is 1.80 bits per heavy atom. The molecule has 0 saturated carbocycles. The highest BCUT2D eigenvalue weighted by atomic mass is 19.3. The van der Waals surface area contributed by atoms with E-state index in [0.717, 1.165) is 44.3 Å². The van der Waals surface area contributed by atoms with Crippen LogP contribution in [0.1, 0.15) is 17.7 Å². The molecule has 1 aliphatic heterocycles. The quantitative estimate of drug-likeness (QED) is 0.316. The maximum absolute atomic E-state index is 15.0. The third-order valence-electron chi connectivity index (χ3n) is 5.79. The minimum absolute atomic E-state index is 0.0317. The molecule has 7 nitrogen and oxygen atoms in total. The second-order valence-corrected chi connectivity index (χ2v) is 8.16. The molecule has 0 spiro atoms. The first-order valence-corrected chi connectivity index (χ1v) is 11.0. The van der Waals surface area contributed by atoms with Crippen molar-refractivity contribution in [2.24, 2.45) is 0 Å². The van der Waals surface area contributed by atoms with Crippen LogP contribution in [0.3, 0.4) is 0 Å². The van der Waals surface area contributed by atoms with E-state index in [-0.39, 0.29) is 16.7 Å². The standard InChI is InChI=1S/C24H22F4N6O/c1-13-10-16-20(26)18(11-17(25)21(16)32-13)35-24-19(22(27)28)23(30-12-31-24)33-14-2-4-15(5-3-14)34-8-6-29-7-9-34/h2-5,10-12,22,29,32H,6-9H2,1H3,(H,30,31,33). The van der Waals surface area contributed by atoms with Crippen molar-refractivity contribution >= 4 is 28.1 Å². The van der Waals surface area contributed by atoms with Gasteiger partial charge in [-0.15, -0.1) is 0 Å². The average molecular weight is 486 g/mol. The van der Waals surface area contributed by atoms with Crippen LogP contribution in [-0.2, 0) is 0 Å². The van der Waals surface area contributed by atoms with Crippen LogP contribution in [0.15, 0.2) is 42.7 Å². The molecular weight excluding hydrogens is 464 g/mol. The first-order chi connectivity index (χ1) is 16.9. The third-order valence-corrected chi connectivity index (χ3v) is 5.79. The molecule has 1 aliphatic rings. The van der Waals surface area contributed by atoms with Gasteiger partial charge in [0.25, 0.3) is 6.43 Å². The second kappa shape index (κ2) is 9.41. The van der Waals surface area contributed by atoms with Crippen molar-refractivity contribution < 1.29 is 22.3 Å². The maximum Gasteiger partial charge on any atom is 0.272 e. The number of hydrogen-bond donors (Lipinski definition) is 3. The fourth-order valence-corrected chi connectivity index (χ4v) is 4.08. The predicted octanol–water partition coefficient (Wildman–Crippen LogP) is 5.43. The van der Waals surface area contributed by atoms with Crippen LogP contribution < -0.4 is 20.3 Å². The molecule has 182 valence electrons. The van der Waals surface area contributed by atoms with Gasteiger partial charge in [-0.2, -0.15) is 0 Å². The Kier molecular flexibility index (Phi) is 6.16. The van der Waals surface area contributed by atoms with Crippen molar-refractivity contribution in [3.05, 3.63) is 65.6 Å². The van der Waals surface area contributed by atoms with Crippen molar-refractivity contribution in [1.29, 1.82) is 0 Å². The van der Waals surface area contributed by atoms with E-state index in [0.29, 0.717) is 11.4 Å². The number of nitrogens with one attached hydrogen (secondary N) is 3. The number of ether oxygens (including phenoxy) is 1.